The molecule has 0 bridgehead atoms. The van der Waals surface area contributed by atoms with Gasteiger partial charge >= 0.3 is 0 Å². The summed E-state index contributed by atoms with van der Waals surface area (Å²) in [5.41, 5.74) is 1.38. The van der Waals surface area contributed by atoms with Crippen molar-refractivity contribution in [1.82, 2.24) is 10.6 Å². The van der Waals surface area contributed by atoms with Gasteiger partial charge in [-0.3, -0.25) is 10.1 Å². The van der Waals surface area contributed by atoms with Gasteiger partial charge in [-0.05, 0) is 24.4 Å². The van der Waals surface area contributed by atoms with Crippen molar-refractivity contribution in [2.75, 3.05) is 0 Å². The fourth-order valence-electron chi connectivity index (χ4n) is 1.81. The van der Waals surface area contributed by atoms with Gasteiger partial charge in [0.1, 0.15) is 17.2 Å². The lowest BCUT2D eigenvalue weighted by Gasteiger charge is -1.95. The van der Waals surface area contributed by atoms with E-state index in [2.05, 4.69) is 10.6 Å². The average molecular weight is 270 g/mol. The maximum absolute atomic E-state index is 11.5. The number of carbonyl (C=O) groups is 1. The number of hydrogen-bond acceptors (Lipinski definition) is 3. The van der Waals surface area contributed by atoms with Crippen molar-refractivity contribution in [2.24, 2.45) is 0 Å². The molecular weight excluding hydrogens is 260 g/mol. The highest BCUT2D eigenvalue weighted by molar-refractivity contribution is 7.80. The van der Waals surface area contributed by atoms with Gasteiger partial charge in [0.2, 0.25) is 0 Å². The van der Waals surface area contributed by atoms with E-state index in [1.807, 2.05) is 42.5 Å². The third-order valence-electron chi connectivity index (χ3n) is 2.69. The molecule has 0 saturated carbocycles. The van der Waals surface area contributed by atoms with Crippen LogP contribution in [0.2, 0.25) is 0 Å². The second kappa shape index (κ2) is 4.70. The molecule has 94 valence electrons. The van der Waals surface area contributed by atoms with Crippen LogP contribution in [-0.4, -0.2) is 11.0 Å². The first-order valence-electron chi connectivity index (χ1n) is 5.72. The molecule has 1 aromatic carbocycles. The van der Waals surface area contributed by atoms with E-state index in [-0.39, 0.29) is 5.91 Å². The minimum absolute atomic E-state index is 0.248. The Hall–Kier alpha value is -2.40. The van der Waals surface area contributed by atoms with E-state index in [1.54, 1.807) is 6.08 Å². The van der Waals surface area contributed by atoms with Crippen LogP contribution in [-0.2, 0) is 4.79 Å². The van der Waals surface area contributed by atoms with Crippen LogP contribution in [0.1, 0.15) is 5.76 Å². The van der Waals surface area contributed by atoms with Crippen LogP contribution in [0.4, 0.5) is 0 Å². The zero-order chi connectivity index (χ0) is 13.2. The predicted octanol–water partition coefficient (Wildman–Crippen LogP) is 2.29. The summed E-state index contributed by atoms with van der Waals surface area (Å²) in [6.45, 7) is 0. The number of benzene rings is 1. The highest BCUT2D eigenvalue weighted by Crippen LogP contribution is 2.23. The molecule has 19 heavy (non-hydrogen) atoms. The molecule has 1 aliphatic heterocycles. The largest absolute Gasteiger partial charge is 0.457 e. The second-order valence-electron chi connectivity index (χ2n) is 4.03. The third kappa shape index (κ3) is 2.41. The summed E-state index contributed by atoms with van der Waals surface area (Å²) < 4.78 is 5.68. The highest BCUT2D eigenvalue weighted by atomic mass is 32.1. The number of rotatable bonds is 2. The minimum Gasteiger partial charge on any atom is -0.457 e. The third-order valence-corrected chi connectivity index (χ3v) is 2.90. The van der Waals surface area contributed by atoms with Gasteiger partial charge in [-0.15, -0.1) is 0 Å². The molecule has 2 N–H and O–H groups in total. The van der Waals surface area contributed by atoms with Crippen molar-refractivity contribution in [1.29, 1.82) is 0 Å². The Labute approximate surface area is 115 Å². The van der Waals surface area contributed by atoms with Crippen LogP contribution in [0.15, 0.2) is 52.6 Å². The van der Waals surface area contributed by atoms with Crippen molar-refractivity contribution >= 4 is 29.3 Å². The molecule has 0 aliphatic carbocycles. The quantitative estimate of drug-likeness (QED) is 0.649. The molecule has 0 unspecified atom stereocenters. The standard InChI is InChI=1S/C14H10N2O2S/c17-13-11(15-14(19)16-13)8-10-6-7-12(18-10)9-4-2-1-3-5-9/h1-8H,(H2,15,16,17,19). The Morgan fingerprint density at radius 1 is 1.05 bits per heavy atom. The molecule has 0 atom stereocenters. The van der Waals surface area contributed by atoms with Crippen molar-refractivity contribution in [2.45, 2.75) is 0 Å². The smallest absolute Gasteiger partial charge is 0.274 e. The van der Waals surface area contributed by atoms with E-state index in [1.165, 1.54) is 0 Å². The van der Waals surface area contributed by atoms with Crippen LogP contribution < -0.4 is 10.6 Å². The van der Waals surface area contributed by atoms with Gasteiger partial charge in [-0.2, -0.15) is 0 Å². The summed E-state index contributed by atoms with van der Waals surface area (Å²) in [7, 11) is 0. The van der Waals surface area contributed by atoms with Gasteiger partial charge in [0.25, 0.3) is 5.91 Å². The van der Waals surface area contributed by atoms with Crippen molar-refractivity contribution in [3.63, 3.8) is 0 Å². The lowest BCUT2D eigenvalue weighted by Crippen LogP contribution is -2.21. The lowest BCUT2D eigenvalue weighted by atomic mass is 10.2. The molecule has 1 saturated heterocycles. The molecule has 0 radical (unpaired) electrons. The van der Waals surface area contributed by atoms with Gasteiger partial charge in [0.15, 0.2) is 5.11 Å². The first-order valence-corrected chi connectivity index (χ1v) is 6.12. The van der Waals surface area contributed by atoms with Crippen molar-refractivity contribution in [3.05, 3.63) is 53.9 Å². The normalized spacial score (nSPS) is 16.5. The predicted molar refractivity (Wildman–Crippen MR) is 76.0 cm³/mol. The molecular formula is C14H10N2O2S. The maximum Gasteiger partial charge on any atom is 0.274 e. The summed E-state index contributed by atoms with van der Waals surface area (Å²) >= 11 is 4.86. The number of thiocarbonyl (C=S) groups is 1. The fourth-order valence-corrected chi connectivity index (χ4v) is 2.02. The summed E-state index contributed by atoms with van der Waals surface area (Å²) in [5.74, 6) is 1.11. The van der Waals surface area contributed by atoms with E-state index >= 15 is 0 Å². The SMILES string of the molecule is O=C1NC(=S)NC1=Cc1ccc(-c2ccccc2)o1. The number of hydrogen-bond donors (Lipinski definition) is 2. The summed E-state index contributed by atoms with van der Waals surface area (Å²) in [4.78, 5) is 11.5. The zero-order valence-corrected chi connectivity index (χ0v) is 10.7. The Bertz CT molecular complexity index is 674. The van der Waals surface area contributed by atoms with Gasteiger partial charge in [0.05, 0.1) is 0 Å². The van der Waals surface area contributed by atoms with Crippen LogP contribution in [0.25, 0.3) is 17.4 Å². The van der Waals surface area contributed by atoms with Crippen LogP contribution in [0.5, 0.6) is 0 Å². The van der Waals surface area contributed by atoms with E-state index < -0.39 is 0 Å². The molecule has 2 heterocycles. The number of carbonyl (C=O) groups excluding carboxylic acids is 1. The van der Waals surface area contributed by atoms with E-state index in [4.69, 9.17) is 16.6 Å². The van der Waals surface area contributed by atoms with Gasteiger partial charge in [-0.1, -0.05) is 30.3 Å². The molecule has 1 amide bonds. The molecule has 1 aliphatic rings. The zero-order valence-electron chi connectivity index (χ0n) is 9.84. The first kappa shape index (κ1) is 11.7. The molecule has 1 fully saturated rings. The van der Waals surface area contributed by atoms with Crippen LogP contribution >= 0.6 is 12.2 Å². The number of amides is 1. The van der Waals surface area contributed by atoms with E-state index in [0.717, 1.165) is 11.3 Å². The van der Waals surface area contributed by atoms with Gasteiger partial charge < -0.3 is 9.73 Å². The highest BCUT2D eigenvalue weighted by Gasteiger charge is 2.20. The number of nitrogens with one attached hydrogen (secondary N) is 2. The molecule has 2 aromatic rings. The monoisotopic (exact) mass is 270 g/mol. The second-order valence-corrected chi connectivity index (χ2v) is 4.44. The Kier molecular flexibility index (Phi) is 2.89. The summed E-state index contributed by atoms with van der Waals surface area (Å²) in [5, 5.41) is 5.58. The number of furan rings is 1. The Morgan fingerprint density at radius 3 is 2.53 bits per heavy atom. The molecule has 0 spiro atoms. The van der Waals surface area contributed by atoms with E-state index in [9.17, 15) is 4.79 Å². The lowest BCUT2D eigenvalue weighted by molar-refractivity contribution is -0.115. The first-order chi connectivity index (χ1) is 9.22. The van der Waals surface area contributed by atoms with E-state index in [0.29, 0.717) is 16.6 Å². The molecule has 5 heteroatoms. The average Bonchev–Trinajstić information content (AvgIpc) is 2.99. The molecule has 3 rings (SSSR count). The van der Waals surface area contributed by atoms with Crippen LogP contribution in [0.3, 0.4) is 0 Å². The van der Waals surface area contributed by atoms with Crippen LogP contribution in [0, 0.1) is 0 Å². The Morgan fingerprint density at radius 2 is 1.84 bits per heavy atom. The maximum atomic E-state index is 11.5. The van der Waals surface area contributed by atoms with Gasteiger partial charge in [-0.25, -0.2) is 0 Å². The Balaban J connectivity index is 1.89. The fraction of sp³-hybridized carbons (Fsp3) is 0. The summed E-state index contributed by atoms with van der Waals surface area (Å²) in [6.07, 6.45) is 1.63. The topological polar surface area (TPSA) is 54.3 Å². The van der Waals surface area contributed by atoms with Crippen molar-refractivity contribution < 1.29 is 9.21 Å². The molecule has 1 aromatic heterocycles. The minimum atomic E-state index is -0.248. The van der Waals surface area contributed by atoms with Crippen molar-refractivity contribution in [3.8, 4) is 11.3 Å². The summed E-state index contributed by atoms with van der Waals surface area (Å²) in [6, 6.07) is 13.4. The molecule has 4 nitrogen and oxygen atoms in total. The van der Waals surface area contributed by atoms with Gasteiger partial charge in [0, 0.05) is 11.6 Å².